The van der Waals surface area contributed by atoms with Gasteiger partial charge in [-0.25, -0.2) is 4.79 Å². The average Bonchev–Trinajstić information content (AvgIpc) is 3.09. The van der Waals surface area contributed by atoms with E-state index in [4.69, 9.17) is 13.9 Å². The van der Waals surface area contributed by atoms with Gasteiger partial charge in [-0.05, 0) is 17.7 Å². The first kappa shape index (κ1) is 14.6. The van der Waals surface area contributed by atoms with Crippen molar-refractivity contribution in [2.24, 2.45) is 0 Å². The number of carbonyl (C=O) groups is 1. The van der Waals surface area contributed by atoms with Crippen LogP contribution >= 0.6 is 0 Å². The highest BCUT2D eigenvalue weighted by Crippen LogP contribution is 2.17. The van der Waals surface area contributed by atoms with E-state index in [1.807, 2.05) is 18.2 Å². The van der Waals surface area contributed by atoms with Crippen LogP contribution in [-0.4, -0.2) is 30.4 Å². The Bertz CT molecular complexity index is 589. The predicted molar refractivity (Wildman–Crippen MR) is 79.1 cm³/mol. The van der Waals surface area contributed by atoms with Crippen molar-refractivity contribution in [1.82, 2.24) is 10.3 Å². The molecule has 22 heavy (non-hydrogen) atoms. The maximum absolute atomic E-state index is 11.7. The van der Waals surface area contributed by atoms with Crippen LogP contribution < -0.4 is 5.32 Å². The molecule has 0 unspecified atom stereocenters. The Balaban J connectivity index is 1.47. The summed E-state index contributed by atoms with van der Waals surface area (Å²) < 4.78 is 15.6. The molecule has 0 aliphatic carbocycles. The van der Waals surface area contributed by atoms with E-state index in [9.17, 15) is 4.79 Å². The minimum Gasteiger partial charge on any atom is -0.472 e. The Labute approximate surface area is 128 Å². The van der Waals surface area contributed by atoms with Gasteiger partial charge in [0.2, 0.25) is 0 Å². The number of pyridine rings is 1. The number of hydrogen-bond acceptors (Lipinski definition) is 5. The van der Waals surface area contributed by atoms with Crippen molar-refractivity contribution in [3.05, 3.63) is 42.5 Å². The second-order valence-corrected chi connectivity index (χ2v) is 5.13. The van der Waals surface area contributed by atoms with E-state index in [2.05, 4.69) is 10.3 Å². The second-order valence-electron chi connectivity index (χ2n) is 5.13. The highest BCUT2D eigenvalue weighted by atomic mass is 16.6. The number of rotatable bonds is 4. The number of hydrogen-bond donors (Lipinski definition) is 1. The number of furan rings is 1. The molecular weight excluding hydrogens is 284 g/mol. The molecule has 1 aliphatic rings. The number of nitrogens with one attached hydrogen (secondary N) is 1. The van der Waals surface area contributed by atoms with Gasteiger partial charge in [-0.15, -0.1) is 0 Å². The number of amides is 1. The molecule has 3 heterocycles. The van der Waals surface area contributed by atoms with E-state index in [1.54, 1.807) is 18.7 Å². The van der Waals surface area contributed by atoms with E-state index < -0.39 is 6.09 Å². The molecule has 0 bridgehead atoms. The highest BCUT2D eigenvalue weighted by molar-refractivity contribution is 5.67. The van der Waals surface area contributed by atoms with Gasteiger partial charge in [0.05, 0.1) is 31.4 Å². The lowest BCUT2D eigenvalue weighted by atomic mass is 10.2. The van der Waals surface area contributed by atoms with Gasteiger partial charge in [0.25, 0.3) is 0 Å². The van der Waals surface area contributed by atoms with Crippen LogP contribution in [0.4, 0.5) is 4.79 Å². The summed E-state index contributed by atoms with van der Waals surface area (Å²) in [4.78, 5) is 16.1. The van der Waals surface area contributed by atoms with Crippen molar-refractivity contribution in [3.63, 3.8) is 0 Å². The molecule has 1 N–H and O–H groups in total. The normalized spacial score (nSPS) is 15.5. The number of nitrogens with zero attached hydrogens (tertiary/aromatic N) is 1. The lowest BCUT2D eigenvalue weighted by molar-refractivity contribution is 0.00151. The third-order valence-electron chi connectivity index (χ3n) is 3.52. The number of aromatic nitrogens is 1. The first-order valence-electron chi connectivity index (χ1n) is 7.31. The summed E-state index contributed by atoms with van der Waals surface area (Å²) >= 11 is 0. The number of carbonyl (C=O) groups excluding carboxylic acids is 1. The van der Waals surface area contributed by atoms with Crippen LogP contribution in [-0.2, 0) is 16.0 Å². The summed E-state index contributed by atoms with van der Waals surface area (Å²) in [6.45, 7) is 1.69. The zero-order chi connectivity index (χ0) is 15.2. The van der Waals surface area contributed by atoms with Gasteiger partial charge < -0.3 is 19.2 Å². The smallest absolute Gasteiger partial charge is 0.407 e. The molecule has 1 aliphatic heterocycles. The molecular formula is C16H18N2O4. The number of alkyl carbamates (subject to hydrolysis) is 1. The monoisotopic (exact) mass is 302 g/mol. The van der Waals surface area contributed by atoms with E-state index in [0.29, 0.717) is 19.8 Å². The average molecular weight is 302 g/mol. The summed E-state index contributed by atoms with van der Waals surface area (Å²) in [5.41, 5.74) is 2.68. The Morgan fingerprint density at radius 1 is 1.32 bits per heavy atom. The Morgan fingerprint density at radius 2 is 2.18 bits per heavy atom. The van der Waals surface area contributed by atoms with Crippen molar-refractivity contribution in [1.29, 1.82) is 0 Å². The van der Waals surface area contributed by atoms with Gasteiger partial charge in [0.15, 0.2) is 0 Å². The van der Waals surface area contributed by atoms with Crippen molar-refractivity contribution in [2.75, 3.05) is 13.2 Å². The van der Waals surface area contributed by atoms with Crippen molar-refractivity contribution in [3.8, 4) is 11.3 Å². The van der Waals surface area contributed by atoms with Crippen LogP contribution in [0.3, 0.4) is 0 Å². The van der Waals surface area contributed by atoms with Gasteiger partial charge in [-0.1, -0.05) is 6.07 Å². The fourth-order valence-corrected chi connectivity index (χ4v) is 2.27. The van der Waals surface area contributed by atoms with Crippen LogP contribution in [0.15, 0.2) is 41.3 Å². The zero-order valence-electron chi connectivity index (χ0n) is 12.2. The molecule has 116 valence electrons. The van der Waals surface area contributed by atoms with E-state index >= 15 is 0 Å². The second kappa shape index (κ2) is 7.09. The molecule has 0 aromatic carbocycles. The Morgan fingerprint density at radius 3 is 2.86 bits per heavy atom. The molecule has 1 amide bonds. The lowest BCUT2D eigenvalue weighted by Gasteiger charge is -2.22. The molecule has 6 nitrogen and oxygen atoms in total. The fourth-order valence-electron chi connectivity index (χ4n) is 2.27. The van der Waals surface area contributed by atoms with Crippen molar-refractivity contribution in [2.45, 2.75) is 25.5 Å². The van der Waals surface area contributed by atoms with Crippen molar-refractivity contribution < 1.29 is 18.7 Å². The van der Waals surface area contributed by atoms with Crippen LogP contribution in [0.25, 0.3) is 11.3 Å². The Kier molecular flexibility index (Phi) is 4.70. The van der Waals surface area contributed by atoms with Crippen LogP contribution in [0.1, 0.15) is 18.4 Å². The molecule has 0 radical (unpaired) electrons. The standard InChI is InChI=1S/C16H18N2O4/c19-16(22-14-4-7-20-8-5-14)18-10-12-1-2-15(17-9-12)13-3-6-21-11-13/h1-3,6,9,11,14H,4-5,7-8,10H2,(H,18,19). The molecule has 1 fully saturated rings. The maximum Gasteiger partial charge on any atom is 0.407 e. The van der Waals surface area contributed by atoms with E-state index in [0.717, 1.165) is 29.7 Å². The minimum atomic E-state index is -0.397. The van der Waals surface area contributed by atoms with Gasteiger partial charge >= 0.3 is 6.09 Å². The molecule has 0 atom stereocenters. The highest BCUT2D eigenvalue weighted by Gasteiger charge is 2.17. The molecule has 0 saturated carbocycles. The summed E-state index contributed by atoms with van der Waals surface area (Å²) in [6.07, 6.45) is 6.06. The Hall–Kier alpha value is -2.34. The van der Waals surface area contributed by atoms with Gasteiger partial charge in [0, 0.05) is 31.1 Å². The van der Waals surface area contributed by atoms with E-state index in [1.165, 1.54) is 0 Å². The zero-order valence-corrected chi connectivity index (χ0v) is 12.2. The largest absolute Gasteiger partial charge is 0.472 e. The quantitative estimate of drug-likeness (QED) is 0.940. The van der Waals surface area contributed by atoms with Gasteiger partial charge in [-0.3, -0.25) is 4.98 Å². The molecule has 6 heteroatoms. The summed E-state index contributed by atoms with van der Waals surface area (Å²) in [6, 6.07) is 5.67. The van der Waals surface area contributed by atoms with Crippen LogP contribution in [0.2, 0.25) is 0 Å². The van der Waals surface area contributed by atoms with Gasteiger partial charge in [-0.2, -0.15) is 0 Å². The first-order valence-corrected chi connectivity index (χ1v) is 7.31. The molecule has 2 aromatic rings. The predicted octanol–water partition coefficient (Wildman–Crippen LogP) is 2.75. The third kappa shape index (κ3) is 3.85. The molecule has 1 saturated heterocycles. The topological polar surface area (TPSA) is 73.6 Å². The number of ether oxygens (including phenoxy) is 2. The minimum absolute atomic E-state index is 0.0460. The summed E-state index contributed by atoms with van der Waals surface area (Å²) in [5, 5.41) is 2.74. The molecule has 2 aromatic heterocycles. The van der Waals surface area contributed by atoms with E-state index in [-0.39, 0.29) is 6.10 Å². The fraction of sp³-hybridized carbons (Fsp3) is 0.375. The molecule has 3 rings (SSSR count). The van der Waals surface area contributed by atoms with Crippen LogP contribution in [0, 0.1) is 0 Å². The molecule has 0 spiro atoms. The SMILES string of the molecule is O=C(NCc1ccc(-c2ccoc2)nc1)OC1CCOCC1. The lowest BCUT2D eigenvalue weighted by Crippen LogP contribution is -2.32. The third-order valence-corrected chi connectivity index (χ3v) is 3.52. The van der Waals surface area contributed by atoms with Gasteiger partial charge in [0.1, 0.15) is 6.10 Å². The van der Waals surface area contributed by atoms with Crippen molar-refractivity contribution >= 4 is 6.09 Å². The first-order chi connectivity index (χ1) is 10.8. The maximum atomic E-state index is 11.7. The summed E-state index contributed by atoms with van der Waals surface area (Å²) in [7, 11) is 0. The summed E-state index contributed by atoms with van der Waals surface area (Å²) in [5.74, 6) is 0. The van der Waals surface area contributed by atoms with Crippen LogP contribution in [0.5, 0.6) is 0 Å².